The molecule has 0 aliphatic heterocycles. The molecule has 0 spiro atoms. The second kappa shape index (κ2) is 9.47. The Morgan fingerprint density at radius 1 is 1.15 bits per heavy atom. The van der Waals surface area contributed by atoms with Crippen LogP contribution in [0.3, 0.4) is 0 Å². The van der Waals surface area contributed by atoms with Crippen molar-refractivity contribution in [3.8, 4) is 11.5 Å². The number of imide groups is 1. The van der Waals surface area contributed by atoms with E-state index in [4.69, 9.17) is 13.9 Å². The fourth-order valence-electron chi connectivity index (χ4n) is 2.38. The molecule has 2 rings (SSSR count). The van der Waals surface area contributed by atoms with Gasteiger partial charge in [0.2, 0.25) is 5.91 Å². The molecule has 0 atom stereocenters. The number of urea groups is 1. The average molecular weight is 361 g/mol. The zero-order chi connectivity index (χ0) is 18.9. The van der Waals surface area contributed by atoms with Gasteiger partial charge in [0.05, 0.1) is 33.6 Å². The van der Waals surface area contributed by atoms with E-state index in [1.165, 1.54) is 6.26 Å². The molecule has 0 aliphatic carbocycles. The molecule has 8 heteroatoms. The highest BCUT2D eigenvalue weighted by Gasteiger charge is 2.12. The van der Waals surface area contributed by atoms with Crippen LogP contribution in [0.25, 0.3) is 0 Å². The smallest absolute Gasteiger partial charge is 0.321 e. The van der Waals surface area contributed by atoms with E-state index >= 15 is 0 Å². The number of hydrogen-bond donors (Lipinski definition) is 2. The standard InChI is InChI=1S/C18H23N3O5/c1-21(11-13-6-7-15(24-2)16(9-13)25-3)12-17(22)20-18(23)19-10-14-5-4-8-26-14/h4-9H,10-12H2,1-3H3,(H2,19,20,22,23). The van der Waals surface area contributed by atoms with Crippen molar-refractivity contribution in [1.29, 1.82) is 0 Å². The molecule has 2 N–H and O–H groups in total. The summed E-state index contributed by atoms with van der Waals surface area (Å²) in [5.74, 6) is 1.48. The molecule has 0 fully saturated rings. The van der Waals surface area contributed by atoms with Crippen LogP contribution < -0.4 is 20.1 Å². The Labute approximate surface area is 152 Å². The number of benzene rings is 1. The van der Waals surface area contributed by atoms with Crippen LogP contribution in [0.2, 0.25) is 0 Å². The zero-order valence-corrected chi connectivity index (χ0v) is 15.1. The third-order valence-corrected chi connectivity index (χ3v) is 3.57. The van der Waals surface area contributed by atoms with Gasteiger partial charge in [-0.05, 0) is 36.9 Å². The third-order valence-electron chi connectivity index (χ3n) is 3.57. The molecule has 0 radical (unpaired) electrons. The number of nitrogens with one attached hydrogen (secondary N) is 2. The van der Waals surface area contributed by atoms with E-state index in [2.05, 4.69) is 10.6 Å². The molecule has 0 saturated heterocycles. The van der Waals surface area contributed by atoms with E-state index < -0.39 is 11.9 Å². The van der Waals surface area contributed by atoms with Crippen LogP contribution >= 0.6 is 0 Å². The van der Waals surface area contributed by atoms with Gasteiger partial charge >= 0.3 is 6.03 Å². The van der Waals surface area contributed by atoms with Gasteiger partial charge in [0.15, 0.2) is 11.5 Å². The van der Waals surface area contributed by atoms with E-state index in [-0.39, 0.29) is 13.1 Å². The summed E-state index contributed by atoms with van der Waals surface area (Å²) in [6, 6.07) is 8.45. The van der Waals surface area contributed by atoms with Gasteiger partial charge in [-0.3, -0.25) is 15.0 Å². The maximum atomic E-state index is 12.0. The molecule has 1 aromatic carbocycles. The van der Waals surface area contributed by atoms with Gasteiger partial charge in [-0.25, -0.2) is 4.79 Å². The molecular formula is C18H23N3O5. The number of carbonyl (C=O) groups excluding carboxylic acids is 2. The zero-order valence-electron chi connectivity index (χ0n) is 15.1. The molecule has 8 nitrogen and oxygen atoms in total. The lowest BCUT2D eigenvalue weighted by atomic mass is 10.2. The Balaban J connectivity index is 1.78. The first kappa shape index (κ1) is 19.3. The normalized spacial score (nSPS) is 10.5. The first-order chi connectivity index (χ1) is 12.5. The van der Waals surface area contributed by atoms with Crippen LogP contribution in [-0.4, -0.2) is 44.7 Å². The van der Waals surface area contributed by atoms with Crippen molar-refractivity contribution in [3.63, 3.8) is 0 Å². The molecule has 0 aliphatic rings. The lowest BCUT2D eigenvalue weighted by molar-refractivity contribution is -0.120. The predicted molar refractivity (Wildman–Crippen MR) is 95.0 cm³/mol. The SMILES string of the molecule is COc1ccc(CN(C)CC(=O)NC(=O)NCc2ccco2)cc1OC. The maximum absolute atomic E-state index is 12.0. The topological polar surface area (TPSA) is 93.0 Å². The largest absolute Gasteiger partial charge is 0.493 e. The van der Waals surface area contributed by atoms with Crippen molar-refractivity contribution in [2.24, 2.45) is 0 Å². The Bertz CT molecular complexity index is 730. The monoisotopic (exact) mass is 361 g/mol. The number of rotatable bonds is 8. The minimum absolute atomic E-state index is 0.0719. The number of amides is 3. The van der Waals surface area contributed by atoms with Crippen LogP contribution in [-0.2, 0) is 17.9 Å². The van der Waals surface area contributed by atoms with Crippen molar-refractivity contribution in [3.05, 3.63) is 47.9 Å². The Kier molecular flexibility index (Phi) is 7.04. The summed E-state index contributed by atoms with van der Waals surface area (Å²) in [5, 5.41) is 4.84. The first-order valence-electron chi connectivity index (χ1n) is 8.01. The van der Waals surface area contributed by atoms with Crippen molar-refractivity contribution in [2.75, 3.05) is 27.8 Å². The second-order valence-electron chi connectivity index (χ2n) is 5.67. The van der Waals surface area contributed by atoms with Gasteiger partial charge in [0, 0.05) is 6.54 Å². The van der Waals surface area contributed by atoms with Crippen LogP contribution in [0.15, 0.2) is 41.0 Å². The quantitative estimate of drug-likeness (QED) is 0.744. The summed E-state index contributed by atoms with van der Waals surface area (Å²) >= 11 is 0. The van der Waals surface area contributed by atoms with Gasteiger partial charge in [-0.2, -0.15) is 0 Å². The summed E-state index contributed by atoms with van der Waals surface area (Å²) in [7, 11) is 4.93. The summed E-state index contributed by atoms with van der Waals surface area (Å²) in [4.78, 5) is 25.5. The number of furan rings is 1. The maximum Gasteiger partial charge on any atom is 0.321 e. The molecule has 1 aromatic heterocycles. The van der Waals surface area contributed by atoms with Crippen molar-refractivity contribution in [2.45, 2.75) is 13.1 Å². The molecule has 0 unspecified atom stereocenters. The molecule has 0 saturated carbocycles. The van der Waals surface area contributed by atoms with Crippen LogP contribution in [0.1, 0.15) is 11.3 Å². The van der Waals surface area contributed by atoms with Crippen molar-refractivity contribution >= 4 is 11.9 Å². The van der Waals surface area contributed by atoms with Gasteiger partial charge in [-0.1, -0.05) is 6.07 Å². The summed E-state index contributed by atoms with van der Waals surface area (Å²) in [6.07, 6.45) is 1.52. The van der Waals surface area contributed by atoms with E-state index in [1.54, 1.807) is 38.3 Å². The minimum atomic E-state index is -0.564. The number of carbonyl (C=O) groups is 2. The average Bonchev–Trinajstić information content (AvgIpc) is 3.13. The number of likely N-dealkylation sites (N-methyl/N-ethyl adjacent to an activating group) is 1. The van der Waals surface area contributed by atoms with Gasteiger partial charge in [0.1, 0.15) is 5.76 Å². The van der Waals surface area contributed by atoms with E-state index in [0.717, 1.165) is 5.56 Å². The van der Waals surface area contributed by atoms with Gasteiger partial charge in [0.25, 0.3) is 0 Å². The molecule has 1 heterocycles. The number of nitrogens with zero attached hydrogens (tertiary/aromatic N) is 1. The Morgan fingerprint density at radius 3 is 2.58 bits per heavy atom. The Morgan fingerprint density at radius 2 is 1.92 bits per heavy atom. The lowest BCUT2D eigenvalue weighted by Gasteiger charge is -2.17. The molecular weight excluding hydrogens is 338 g/mol. The minimum Gasteiger partial charge on any atom is -0.493 e. The van der Waals surface area contributed by atoms with Crippen LogP contribution in [0.5, 0.6) is 11.5 Å². The van der Waals surface area contributed by atoms with E-state index in [0.29, 0.717) is 23.8 Å². The van der Waals surface area contributed by atoms with Crippen molar-refractivity contribution in [1.82, 2.24) is 15.5 Å². The highest BCUT2D eigenvalue weighted by atomic mass is 16.5. The highest BCUT2D eigenvalue weighted by Crippen LogP contribution is 2.27. The number of methoxy groups -OCH3 is 2. The second-order valence-corrected chi connectivity index (χ2v) is 5.67. The number of hydrogen-bond acceptors (Lipinski definition) is 6. The first-order valence-corrected chi connectivity index (χ1v) is 8.01. The highest BCUT2D eigenvalue weighted by molar-refractivity contribution is 5.95. The molecule has 3 amide bonds. The third kappa shape index (κ3) is 5.82. The summed E-state index contributed by atoms with van der Waals surface area (Å²) in [6.45, 7) is 0.803. The Hall–Kier alpha value is -3.00. The van der Waals surface area contributed by atoms with Crippen LogP contribution in [0, 0.1) is 0 Å². The molecule has 0 bridgehead atoms. The van der Waals surface area contributed by atoms with Crippen LogP contribution in [0.4, 0.5) is 4.79 Å². The summed E-state index contributed by atoms with van der Waals surface area (Å²) < 4.78 is 15.6. The van der Waals surface area contributed by atoms with E-state index in [9.17, 15) is 9.59 Å². The fraction of sp³-hybridized carbons (Fsp3) is 0.333. The molecule has 26 heavy (non-hydrogen) atoms. The van der Waals surface area contributed by atoms with Crippen molar-refractivity contribution < 1.29 is 23.5 Å². The molecule has 2 aromatic rings. The summed E-state index contributed by atoms with van der Waals surface area (Å²) in [5.41, 5.74) is 0.959. The predicted octanol–water partition coefficient (Wildman–Crippen LogP) is 1.75. The van der Waals surface area contributed by atoms with Gasteiger partial charge < -0.3 is 19.2 Å². The fourth-order valence-corrected chi connectivity index (χ4v) is 2.38. The van der Waals surface area contributed by atoms with E-state index in [1.807, 2.05) is 18.2 Å². The number of ether oxygens (including phenoxy) is 2. The van der Waals surface area contributed by atoms with Gasteiger partial charge in [-0.15, -0.1) is 0 Å². The lowest BCUT2D eigenvalue weighted by Crippen LogP contribution is -2.43. The molecule has 140 valence electrons.